The van der Waals surface area contributed by atoms with Gasteiger partial charge in [-0.3, -0.25) is 5.21 Å². The normalized spacial score (nSPS) is 19.2. The zero-order valence-electron chi connectivity index (χ0n) is 5.00. The molecule has 0 amide bonds. The number of hydroxylamine groups is 2. The van der Waals surface area contributed by atoms with E-state index in [0.29, 0.717) is 5.70 Å². The maximum absolute atomic E-state index is 12.1. The van der Waals surface area contributed by atoms with Crippen molar-refractivity contribution in [2.45, 2.75) is 6.92 Å². The van der Waals surface area contributed by atoms with Gasteiger partial charge in [0.25, 0.3) is 0 Å². The van der Waals surface area contributed by atoms with Crippen LogP contribution in [0.25, 0.3) is 0 Å². The van der Waals surface area contributed by atoms with Crippen LogP contribution in [-0.4, -0.2) is 22.9 Å². The van der Waals surface area contributed by atoms with Crippen molar-refractivity contribution in [3.05, 3.63) is 11.8 Å². The molecule has 9 heavy (non-hydrogen) atoms. The lowest BCUT2D eigenvalue weighted by Gasteiger charge is -2.16. The van der Waals surface area contributed by atoms with Gasteiger partial charge in [-0.1, -0.05) is 0 Å². The van der Waals surface area contributed by atoms with E-state index < -0.39 is 5.97 Å². The van der Waals surface area contributed by atoms with Gasteiger partial charge in [-0.15, -0.1) is 0 Å². The number of nitrogens with zero attached hydrogens (tertiary/aromatic N) is 2. The van der Waals surface area contributed by atoms with Crippen LogP contribution in [0.3, 0.4) is 0 Å². The molecule has 0 fully saturated rings. The number of hydrogen-bond donors (Lipinski definition) is 1. The molecular weight excluding hydrogens is 123 g/mol. The van der Waals surface area contributed by atoms with E-state index in [1.807, 2.05) is 0 Å². The highest BCUT2D eigenvalue weighted by molar-refractivity contribution is 5.87. The zero-order valence-corrected chi connectivity index (χ0v) is 5.00. The van der Waals surface area contributed by atoms with Crippen LogP contribution in [0, 0.1) is 0 Å². The number of hydrogen-bond acceptors (Lipinski definition) is 3. The molecule has 1 aliphatic rings. The molecule has 50 valence electrons. The lowest BCUT2D eigenvalue weighted by Crippen LogP contribution is -2.21. The third-order valence-corrected chi connectivity index (χ3v) is 1.09. The monoisotopic (exact) mass is 130 g/mol. The van der Waals surface area contributed by atoms with E-state index >= 15 is 0 Å². The van der Waals surface area contributed by atoms with Crippen molar-refractivity contribution in [3.8, 4) is 0 Å². The lowest BCUT2D eigenvalue weighted by molar-refractivity contribution is -0.0536. The average Bonchev–Trinajstić information content (AvgIpc) is 1.80. The molecular formula is C5H7FN2O. The number of aliphatic imine (C=N–C) groups is 1. The molecule has 0 saturated carbocycles. The highest BCUT2D eigenvalue weighted by Gasteiger charge is 2.06. The maximum Gasteiger partial charge on any atom is 0.211 e. The van der Waals surface area contributed by atoms with Gasteiger partial charge in [0, 0.05) is 11.8 Å². The second kappa shape index (κ2) is 2.14. The summed E-state index contributed by atoms with van der Waals surface area (Å²) in [6.45, 7) is 1.60. The van der Waals surface area contributed by atoms with Crippen LogP contribution in [0.4, 0.5) is 4.39 Å². The summed E-state index contributed by atoms with van der Waals surface area (Å²) in [7, 11) is 0. The summed E-state index contributed by atoms with van der Waals surface area (Å²) in [5.41, 5.74) is 0.475. The van der Waals surface area contributed by atoms with Gasteiger partial charge in [0.05, 0.1) is 0 Å². The number of rotatable bonds is 0. The van der Waals surface area contributed by atoms with E-state index in [0.717, 1.165) is 5.06 Å². The second-order valence-corrected chi connectivity index (χ2v) is 1.81. The molecule has 0 unspecified atom stereocenters. The minimum Gasteiger partial charge on any atom is -0.287 e. The Hall–Kier alpha value is -0.900. The fourth-order valence-electron chi connectivity index (χ4n) is 0.539. The second-order valence-electron chi connectivity index (χ2n) is 1.81. The molecule has 1 N–H and O–H groups in total. The van der Waals surface area contributed by atoms with Gasteiger partial charge >= 0.3 is 0 Å². The lowest BCUT2D eigenvalue weighted by atomic mass is 10.4. The Labute approximate surface area is 52.1 Å². The molecule has 1 heterocycles. The fourth-order valence-corrected chi connectivity index (χ4v) is 0.539. The molecule has 0 saturated heterocycles. The van der Waals surface area contributed by atoms with E-state index in [1.54, 1.807) is 6.92 Å². The van der Waals surface area contributed by atoms with Crippen molar-refractivity contribution in [1.82, 2.24) is 5.06 Å². The van der Waals surface area contributed by atoms with Crippen molar-refractivity contribution in [1.29, 1.82) is 0 Å². The van der Waals surface area contributed by atoms with Gasteiger partial charge in [-0.05, 0) is 6.92 Å². The third-order valence-electron chi connectivity index (χ3n) is 1.09. The van der Waals surface area contributed by atoms with Crippen molar-refractivity contribution in [2.24, 2.45) is 4.99 Å². The van der Waals surface area contributed by atoms with Crippen LogP contribution in [-0.2, 0) is 0 Å². The van der Waals surface area contributed by atoms with E-state index in [9.17, 15) is 4.39 Å². The standard InChI is InChI=1S/C5H7FN2O/c1-4-2-5(6)7-3-8(4)9/h2,9H,3H2,1H3. The molecule has 3 nitrogen and oxygen atoms in total. The van der Waals surface area contributed by atoms with E-state index in [4.69, 9.17) is 5.21 Å². The summed E-state index contributed by atoms with van der Waals surface area (Å²) in [5.74, 6) is -0.530. The molecule has 0 atom stereocenters. The molecule has 1 rings (SSSR count). The topological polar surface area (TPSA) is 35.8 Å². The van der Waals surface area contributed by atoms with Crippen LogP contribution in [0.5, 0.6) is 0 Å². The first kappa shape index (κ1) is 6.22. The van der Waals surface area contributed by atoms with Gasteiger partial charge in [-0.2, -0.15) is 4.39 Å². The Kier molecular flexibility index (Phi) is 1.48. The van der Waals surface area contributed by atoms with Gasteiger partial charge in [0.15, 0.2) is 0 Å². The SMILES string of the molecule is CC1=CC(F)=NCN1O. The predicted molar refractivity (Wildman–Crippen MR) is 30.8 cm³/mol. The third kappa shape index (κ3) is 1.26. The predicted octanol–water partition coefficient (Wildman–Crippen LogP) is 0.921. The Bertz CT molecular complexity index is 176. The van der Waals surface area contributed by atoms with Gasteiger partial charge < -0.3 is 0 Å². The van der Waals surface area contributed by atoms with Crippen LogP contribution in [0.15, 0.2) is 16.8 Å². The van der Waals surface area contributed by atoms with Crippen LogP contribution >= 0.6 is 0 Å². The maximum atomic E-state index is 12.1. The molecule has 0 aliphatic carbocycles. The highest BCUT2D eigenvalue weighted by Crippen LogP contribution is 2.05. The molecule has 1 aliphatic heterocycles. The highest BCUT2D eigenvalue weighted by atomic mass is 19.1. The minimum absolute atomic E-state index is 0.00579. The Balaban J connectivity index is 2.74. The largest absolute Gasteiger partial charge is 0.287 e. The summed E-state index contributed by atoms with van der Waals surface area (Å²) in [4.78, 5) is 3.31. The molecule has 0 spiro atoms. The van der Waals surface area contributed by atoms with Gasteiger partial charge in [0.2, 0.25) is 5.97 Å². The van der Waals surface area contributed by atoms with E-state index in [2.05, 4.69) is 4.99 Å². The molecule has 0 aromatic rings. The average molecular weight is 130 g/mol. The van der Waals surface area contributed by atoms with Gasteiger partial charge in [0.1, 0.15) is 6.67 Å². The summed E-state index contributed by atoms with van der Waals surface area (Å²) < 4.78 is 12.1. The van der Waals surface area contributed by atoms with E-state index in [1.165, 1.54) is 6.08 Å². The summed E-state index contributed by atoms with van der Waals surface area (Å²) in [6.07, 6.45) is 1.17. The van der Waals surface area contributed by atoms with Crippen LogP contribution in [0.2, 0.25) is 0 Å². The Morgan fingerprint density at radius 2 is 2.56 bits per heavy atom. The first-order chi connectivity index (χ1) is 4.20. The number of halogens is 1. The summed E-state index contributed by atoms with van der Waals surface area (Å²) >= 11 is 0. The van der Waals surface area contributed by atoms with E-state index in [-0.39, 0.29) is 6.67 Å². The Morgan fingerprint density at radius 1 is 1.89 bits per heavy atom. The van der Waals surface area contributed by atoms with Crippen molar-refractivity contribution < 1.29 is 9.60 Å². The Morgan fingerprint density at radius 3 is 3.00 bits per heavy atom. The van der Waals surface area contributed by atoms with Crippen LogP contribution < -0.4 is 0 Å². The fraction of sp³-hybridized carbons (Fsp3) is 0.400. The molecule has 0 aromatic heterocycles. The van der Waals surface area contributed by atoms with Gasteiger partial charge in [-0.25, -0.2) is 10.1 Å². The first-order valence-corrected chi connectivity index (χ1v) is 2.55. The quantitative estimate of drug-likeness (QED) is 0.529. The summed E-state index contributed by atoms with van der Waals surface area (Å²) in [6, 6.07) is 0. The smallest absolute Gasteiger partial charge is 0.211 e. The molecule has 0 radical (unpaired) electrons. The molecule has 4 heteroatoms. The van der Waals surface area contributed by atoms with Crippen molar-refractivity contribution in [2.75, 3.05) is 6.67 Å². The molecule has 0 aromatic carbocycles. The van der Waals surface area contributed by atoms with Crippen molar-refractivity contribution >= 4 is 5.97 Å². The minimum atomic E-state index is -0.530. The first-order valence-electron chi connectivity index (χ1n) is 2.55. The number of allylic oxidation sites excluding steroid dienone is 2. The van der Waals surface area contributed by atoms with Crippen LogP contribution in [0.1, 0.15) is 6.92 Å². The summed E-state index contributed by atoms with van der Waals surface area (Å²) in [5, 5.41) is 9.66. The van der Waals surface area contributed by atoms with Crippen molar-refractivity contribution in [3.63, 3.8) is 0 Å². The molecule has 0 bridgehead atoms. The zero-order chi connectivity index (χ0) is 6.85.